The van der Waals surface area contributed by atoms with Crippen LogP contribution >= 0.6 is 0 Å². The molecular weight excluding hydrogens is 656 g/mol. The molecule has 274 valence electrons. The summed E-state index contributed by atoms with van der Waals surface area (Å²) in [4.78, 5) is 31.4. The lowest BCUT2D eigenvalue weighted by molar-refractivity contribution is -0.0177. The summed E-state index contributed by atoms with van der Waals surface area (Å²) in [5, 5.41) is 15.9. The Morgan fingerprint density at radius 2 is 1.55 bits per heavy atom. The summed E-state index contributed by atoms with van der Waals surface area (Å²) in [6.45, 7) is 8.25. The molecule has 0 saturated heterocycles. The highest BCUT2D eigenvalue weighted by Gasteiger charge is 2.31. The van der Waals surface area contributed by atoms with E-state index in [1.807, 2.05) is 32.0 Å². The minimum absolute atomic E-state index is 0.0813. The van der Waals surface area contributed by atoms with Gasteiger partial charge in [-0.15, -0.1) is 0 Å². The fourth-order valence-corrected chi connectivity index (χ4v) is 6.45. The number of ether oxygens (including phenoxy) is 6. The highest BCUT2D eigenvalue weighted by atomic mass is 16.7. The number of anilines is 2. The molecule has 3 aromatic carbocycles. The average molecular weight is 705 g/mol. The van der Waals surface area contributed by atoms with Gasteiger partial charge >= 0.3 is 6.03 Å². The predicted octanol–water partition coefficient (Wildman–Crippen LogP) is 5.72. The van der Waals surface area contributed by atoms with E-state index in [1.54, 1.807) is 41.3 Å². The van der Waals surface area contributed by atoms with Crippen LogP contribution in [0.3, 0.4) is 0 Å². The van der Waals surface area contributed by atoms with Crippen molar-refractivity contribution in [2.75, 3.05) is 57.6 Å². The van der Waals surface area contributed by atoms with Crippen LogP contribution < -0.4 is 34.3 Å². The molecule has 13 heteroatoms. The van der Waals surface area contributed by atoms with Crippen LogP contribution in [0.1, 0.15) is 56.0 Å². The number of aliphatic hydroxyl groups is 1. The molecule has 3 aromatic rings. The first-order valence-electron chi connectivity index (χ1n) is 17.6. The molecule has 3 aliphatic rings. The third-order valence-electron chi connectivity index (χ3n) is 9.32. The van der Waals surface area contributed by atoms with Crippen LogP contribution in [0, 0.1) is 5.92 Å². The molecule has 13 nitrogen and oxygen atoms in total. The Balaban J connectivity index is 1.20. The van der Waals surface area contributed by atoms with E-state index in [0.717, 1.165) is 36.3 Å². The molecule has 51 heavy (non-hydrogen) atoms. The summed E-state index contributed by atoms with van der Waals surface area (Å²) in [5.74, 6) is 2.69. The van der Waals surface area contributed by atoms with Gasteiger partial charge in [0.1, 0.15) is 5.75 Å². The van der Waals surface area contributed by atoms with Crippen LogP contribution in [-0.2, 0) is 11.3 Å². The molecule has 0 aromatic heterocycles. The maximum absolute atomic E-state index is 14.5. The Bertz CT molecular complexity index is 1690. The van der Waals surface area contributed by atoms with E-state index in [9.17, 15) is 14.7 Å². The minimum atomic E-state index is -0.490. The summed E-state index contributed by atoms with van der Waals surface area (Å²) in [7, 11) is 2.05. The summed E-state index contributed by atoms with van der Waals surface area (Å²) in [5.41, 5.74) is 2.33. The van der Waals surface area contributed by atoms with Gasteiger partial charge in [-0.05, 0) is 88.2 Å². The zero-order valence-electron chi connectivity index (χ0n) is 29.7. The van der Waals surface area contributed by atoms with Crippen LogP contribution in [-0.4, -0.2) is 92.0 Å². The first-order valence-corrected chi connectivity index (χ1v) is 17.6. The second-order valence-corrected chi connectivity index (χ2v) is 13.5. The Morgan fingerprint density at radius 3 is 2.27 bits per heavy atom. The Labute approximate surface area is 298 Å². The van der Waals surface area contributed by atoms with Crippen LogP contribution in [0.25, 0.3) is 0 Å². The number of hydrogen-bond donors (Lipinski definition) is 3. The van der Waals surface area contributed by atoms with Gasteiger partial charge in [0.05, 0.1) is 30.4 Å². The normalized spacial score (nSPS) is 21.0. The highest BCUT2D eigenvalue weighted by Crippen LogP contribution is 2.35. The molecule has 3 amide bonds. The van der Waals surface area contributed by atoms with E-state index in [4.69, 9.17) is 28.4 Å². The van der Waals surface area contributed by atoms with Crippen molar-refractivity contribution in [1.82, 2.24) is 9.80 Å². The van der Waals surface area contributed by atoms with E-state index in [0.29, 0.717) is 60.4 Å². The van der Waals surface area contributed by atoms with Gasteiger partial charge in [-0.2, -0.15) is 0 Å². The van der Waals surface area contributed by atoms with Gasteiger partial charge in [0.15, 0.2) is 23.0 Å². The minimum Gasteiger partial charge on any atom is -0.490 e. The second-order valence-electron chi connectivity index (χ2n) is 13.5. The van der Waals surface area contributed by atoms with Gasteiger partial charge < -0.3 is 49.1 Å². The van der Waals surface area contributed by atoms with Gasteiger partial charge in [0.25, 0.3) is 5.91 Å². The summed E-state index contributed by atoms with van der Waals surface area (Å²) < 4.78 is 34.7. The lowest BCUT2D eigenvalue weighted by Crippen LogP contribution is -2.47. The van der Waals surface area contributed by atoms with Crippen molar-refractivity contribution in [2.45, 2.75) is 64.8 Å². The van der Waals surface area contributed by atoms with Crippen molar-refractivity contribution in [1.29, 1.82) is 0 Å². The zero-order chi connectivity index (χ0) is 35.9. The van der Waals surface area contributed by atoms with Crippen molar-refractivity contribution >= 4 is 23.3 Å². The number of aliphatic hydroxyl groups excluding tert-OH is 1. The fourth-order valence-electron chi connectivity index (χ4n) is 6.45. The molecule has 0 bridgehead atoms. The molecule has 4 atom stereocenters. The van der Waals surface area contributed by atoms with E-state index in [1.165, 1.54) is 0 Å². The van der Waals surface area contributed by atoms with E-state index >= 15 is 0 Å². The summed E-state index contributed by atoms with van der Waals surface area (Å²) in [6.07, 6.45) is 2.18. The largest absolute Gasteiger partial charge is 0.490 e. The number of likely N-dealkylation sites (N-methyl/N-ethyl adjacent to an activating group) is 1. The Hall–Kier alpha value is -4.72. The number of rotatable bonds is 8. The van der Waals surface area contributed by atoms with Gasteiger partial charge in [0, 0.05) is 49.6 Å². The maximum atomic E-state index is 14.5. The topological polar surface area (TPSA) is 140 Å². The van der Waals surface area contributed by atoms with Crippen molar-refractivity contribution in [3.05, 3.63) is 65.7 Å². The van der Waals surface area contributed by atoms with Crippen LogP contribution in [0.5, 0.6) is 28.7 Å². The molecule has 0 saturated carbocycles. The number of amides is 3. The Kier molecular flexibility index (Phi) is 11.7. The lowest BCUT2D eigenvalue weighted by atomic mass is 10.0. The monoisotopic (exact) mass is 704 g/mol. The smallest absolute Gasteiger partial charge is 0.323 e. The quantitative estimate of drug-likeness (QED) is 0.267. The molecule has 0 spiro atoms. The number of nitrogens with one attached hydrogen (secondary N) is 2. The summed E-state index contributed by atoms with van der Waals surface area (Å²) >= 11 is 0. The Morgan fingerprint density at radius 1 is 0.902 bits per heavy atom. The first-order chi connectivity index (χ1) is 24.7. The van der Waals surface area contributed by atoms with Crippen LogP contribution in [0.15, 0.2) is 54.6 Å². The summed E-state index contributed by atoms with van der Waals surface area (Å²) in [6, 6.07) is 15.2. The van der Waals surface area contributed by atoms with Crippen molar-refractivity contribution in [2.24, 2.45) is 5.92 Å². The molecule has 0 unspecified atom stereocenters. The molecule has 3 N–H and O–H groups in total. The number of fused-ring (bicyclic) bond motifs is 3. The highest BCUT2D eigenvalue weighted by molar-refractivity contribution is 6.02. The second kappa shape index (κ2) is 16.5. The molecule has 3 aliphatic heterocycles. The van der Waals surface area contributed by atoms with Gasteiger partial charge in [-0.3, -0.25) is 9.69 Å². The molecule has 0 fully saturated rings. The van der Waals surface area contributed by atoms with Gasteiger partial charge in [0.2, 0.25) is 13.6 Å². The van der Waals surface area contributed by atoms with Gasteiger partial charge in [-0.25, -0.2) is 4.79 Å². The number of carbonyl (C=O) groups excluding carboxylic acids is 2. The third kappa shape index (κ3) is 9.15. The third-order valence-corrected chi connectivity index (χ3v) is 9.32. The number of nitrogens with zero attached hydrogens (tertiary/aromatic N) is 2. The molecule has 3 heterocycles. The lowest BCUT2D eigenvalue weighted by Gasteiger charge is -2.36. The van der Waals surface area contributed by atoms with Crippen molar-refractivity contribution in [3.63, 3.8) is 0 Å². The van der Waals surface area contributed by atoms with Crippen LogP contribution in [0.2, 0.25) is 0 Å². The molecule has 6 rings (SSSR count). The molecule has 0 radical (unpaired) electrons. The first kappa shape index (κ1) is 36.1. The number of carbonyl (C=O) groups is 2. The number of benzene rings is 3. The number of urea groups is 1. The van der Waals surface area contributed by atoms with Crippen LogP contribution in [0.4, 0.5) is 16.2 Å². The molecule has 0 aliphatic carbocycles. The fraction of sp³-hybridized carbons (Fsp3) is 0.474. The van der Waals surface area contributed by atoms with E-state index in [2.05, 4.69) is 29.5 Å². The maximum Gasteiger partial charge on any atom is 0.323 e. The average Bonchev–Trinajstić information content (AvgIpc) is 3.78. The van der Waals surface area contributed by atoms with Crippen molar-refractivity contribution < 1.29 is 43.1 Å². The van der Waals surface area contributed by atoms with E-state index in [-0.39, 0.29) is 44.2 Å². The zero-order valence-corrected chi connectivity index (χ0v) is 29.7. The SMILES string of the molecule is C[C@@H]1CN([C@H](C)CO)C(=O)c2cc(NC(=O)Nc3ccc4c(c3)OCO4)ccc2O[C@@H](C)CCCCO[C@@H]1CN(C)Cc1ccc2c(c1)OCO2. The van der Waals surface area contributed by atoms with Crippen molar-refractivity contribution in [3.8, 4) is 28.7 Å². The van der Waals surface area contributed by atoms with E-state index < -0.39 is 12.1 Å². The predicted molar refractivity (Wildman–Crippen MR) is 191 cm³/mol. The number of hydrogen-bond acceptors (Lipinski definition) is 10. The van der Waals surface area contributed by atoms with Gasteiger partial charge in [-0.1, -0.05) is 13.0 Å². The standard InChI is InChI=1S/C38H48N4O9/c1-24-18-42(25(2)21-43)37(44)30-16-28(39-38(45)40-29-10-13-33-35(17-29)50-23-48-33)9-12-31(30)51-26(3)7-5-6-14-46-36(24)20-41(4)19-27-8-11-32-34(15-27)49-22-47-32/h8-13,15-17,24-26,36,43H,5-7,14,18-23H2,1-4H3,(H2,39,40,45)/t24-,25-,26+,36-/m1/s1. The molecular formula is C38H48N4O9.